The minimum atomic E-state index is 0.666. The van der Waals surface area contributed by atoms with Crippen LogP contribution in [0.2, 0.25) is 0 Å². The molecular formula is C23H30N2S. The fraction of sp³-hybridized carbons (Fsp3) is 0.478. The van der Waals surface area contributed by atoms with Crippen molar-refractivity contribution >= 4 is 17.4 Å². The molecule has 2 aliphatic heterocycles. The number of nitrogens with zero attached hydrogens (tertiary/aromatic N) is 2. The Morgan fingerprint density at radius 1 is 1.12 bits per heavy atom. The molecule has 2 aromatic carbocycles. The van der Waals surface area contributed by atoms with Gasteiger partial charge in [-0.2, -0.15) is 0 Å². The molecule has 2 heterocycles. The van der Waals surface area contributed by atoms with Gasteiger partial charge in [-0.3, -0.25) is 0 Å². The van der Waals surface area contributed by atoms with Crippen molar-refractivity contribution in [1.29, 1.82) is 0 Å². The average Bonchev–Trinajstić information content (AvgIpc) is 2.95. The first-order chi connectivity index (χ1) is 12.7. The van der Waals surface area contributed by atoms with Gasteiger partial charge in [-0.15, -0.1) is 0 Å². The maximum absolute atomic E-state index is 2.69. The standard InChI is InChI=1S/C23H30N2S/c1-4-5-14-25-15-13-21-20(16-25)19-7-6-8-22(23(19)24(21)3)26-18-11-9-17(2)10-12-18/h6-12,20-21H,4-5,13-16H2,1-3H3/t20-,21+/m1/s1. The Hall–Kier alpha value is -1.45. The van der Waals surface area contributed by atoms with E-state index in [0.29, 0.717) is 12.0 Å². The molecule has 3 heteroatoms. The molecule has 2 nitrogen and oxygen atoms in total. The normalized spacial score (nSPS) is 22.3. The Bertz CT molecular complexity index is 755. The number of hydrogen-bond acceptors (Lipinski definition) is 3. The van der Waals surface area contributed by atoms with Crippen LogP contribution in [0.15, 0.2) is 52.3 Å². The molecule has 2 aliphatic rings. The van der Waals surface area contributed by atoms with Crippen LogP contribution in [-0.2, 0) is 0 Å². The molecule has 0 amide bonds. The number of likely N-dealkylation sites (tertiary alicyclic amines) is 1. The number of benzene rings is 2. The number of aryl methyl sites for hydroxylation is 1. The van der Waals surface area contributed by atoms with Crippen LogP contribution in [0.3, 0.4) is 0 Å². The van der Waals surface area contributed by atoms with Crippen molar-refractivity contribution in [3.63, 3.8) is 0 Å². The third-order valence-corrected chi connectivity index (χ3v) is 7.07. The second-order valence-corrected chi connectivity index (χ2v) is 8.95. The highest BCUT2D eigenvalue weighted by atomic mass is 32.2. The van der Waals surface area contributed by atoms with Crippen LogP contribution in [-0.4, -0.2) is 37.6 Å². The van der Waals surface area contributed by atoms with Gasteiger partial charge in [0, 0.05) is 41.9 Å². The summed E-state index contributed by atoms with van der Waals surface area (Å²) in [6.07, 6.45) is 3.90. The molecule has 0 bridgehead atoms. The molecule has 1 fully saturated rings. The zero-order valence-electron chi connectivity index (χ0n) is 16.2. The van der Waals surface area contributed by atoms with E-state index in [1.165, 1.54) is 59.9 Å². The lowest BCUT2D eigenvalue weighted by Gasteiger charge is -2.37. The first-order valence-corrected chi connectivity index (χ1v) is 10.8. The smallest absolute Gasteiger partial charge is 0.0544 e. The molecule has 26 heavy (non-hydrogen) atoms. The first kappa shape index (κ1) is 17.9. The summed E-state index contributed by atoms with van der Waals surface area (Å²) in [4.78, 5) is 8.00. The second kappa shape index (κ2) is 7.66. The van der Waals surface area contributed by atoms with E-state index >= 15 is 0 Å². The SMILES string of the molecule is CCCCN1CC[C@H]2[C@H](C1)c1cccc(Sc3ccc(C)cc3)c1N2C. The molecule has 138 valence electrons. The Kier molecular flexibility index (Phi) is 5.28. The van der Waals surface area contributed by atoms with E-state index in [1.807, 2.05) is 11.8 Å². The van der Waals surface area contributed by atoms with Crippen molar-refractivity contribution in [2.45, 2.75) is 54.9 Å². The van der Waals surface area contributed by atoms with E-state index in [0.717, 1.165) is 0 Å². The van der Waals surface area contributed by atoms with Crippen LogP contribution in [0, 0.1) is 6.92 Å². The molecule has 2 aromatic rings. The average molecular weight is 367 g/mol. The summed E-state index contributed by atoms with van der Waals surface area (Å²) in [5.74, 6) is 0.666. The van der Waals surface area contributed by atoms with Gasteiger partial charge in [0.1, 0.15) is 0 Å². The molecule has 0 spiro atoms. The maximum atomic E-state index is 2.69. The maximum Gasteiger partial charge on any atom is 0.0544 e. The number of likely N-dealkylation sites (N-methyl/N-ethyl adjacent to an activating group) is 1. The van der Waals surface area contributed by atoms with E-state index < -0.39 is 0 Å². The fourth-order valence-corrected chi connectivity index (χ4v) is 5.59. The van der Waals surface area contributed by atoms with E-state index in [-0.39, 0.29) is 0 Å². The van der Waals surface area contributed by atoms with Crippen LogP contribution >= 0.6 is 11.8 Å². The zero-order chi connectivity index (χ0) is 18.1. The second-order valence-electron chi connectivity index (χ2n) is 7.84. The third kappa shape index (κ3) is 3.39. The third-order valence-electron chi connectivity index (χ3n) is 6.02. The van der Waals surface area contributed by atoms with Crippen LogP contribution in [0.4, 0.5) is 5.69 Å². The molecule has 1 saturated heterocycles. The summed E-state index contributed by atoms with van der Waals surface area (Å²) in [7, 11) is 2.31. The monoisotopic (exact) mass is 366 g/mol. The number of fused-ring (bicyclic) bond motifs is 3. The van der Waals surface area contributed by atoms with Gasteiger partial charge in [0.05, 0.1) is 5.69 Å². The lowest BCUT2D eigenvalue weighted by Crippen LogP contribution is -2.45. The van der Waals surface area contributed by atoms with Crippen molar-refractivity contribution < 1.29 is 0 Å². The predicted molar refractivity (Wildman–Crippen MR) is 113 cm³/mol. The van der Waals surface area contributed by atoms with Gasteiger partial charge >= 0.3 is 0 Å². The molecule has 0 aromatic heterocycles. The number of para-hydroxylation sites is 1. The summed E-state index contributed by atoms with van der Waals surface area (Å²) in [6.45, 7) is 8.18. The van der Waals surface area contributed by atoms with Crippen molar-refractivity contribution in [1.82, 2.24) is 4.90 Å². The van der Waals surface area contributed by atoms with E-state index in [2.05, 4.69) is 73.2 Å². The largest absolute Gasteiger partial charge is 0.370 e. The quantitative estimate of drug-likeness (QED) is 0.684. The fourth-order valence-electron chi connectivity index (χ4n) is 4.56. The summed E-state index contributed by atoms with van der Waals surface area (Å²) in [5.41, 5.74) is 4.36. The highest BCUT2D eigenvalue weighted by molar-refractivity contribution is 7.99. The van der Waals surface area contributed by atoms with Crippen molar-refractivity contribution in [3.05, 3.63) is 53.6 Å². The molecule has 0 aliphatic carbocycles. The molecule has 2 atom stereocenters. The predicted octanol–water partition coefficient (Wildman–Crippen LogP) is 5.55. The molecule has 0 unspecified atom stereocenters. The van der Waals surface area contributed by atoms with Crippen LogP contribution < -0.4 is 4.90 Å². The number of piperidine rings is 1. The van der Waals surface area contributed by atoms with E-state index in [9.17, 15) is 0 Å². The summed E-state index contributed by atoms with van der Waals surface area (Å²) in [5, 5.41) is 0. The van der Waals surface area contributed by atoms with Gasteiger partial charge in [0.15, 0.2) is 0 Å². The van der Waals surface area contributed by atoms with Crippen LogP contribution in [0.5, 0.6) is 0 Å². The van der Waals surface area contributed by atoms with Gasteiger partial charge in [0.2, 0.25) is 0 Å². The summed E-state index contributed by atoms with van der Waals surface area (Å²) < 4.78 is 0. The van der Waals surface area contributed by atoms with E-state index in [4.69, 9.17) is 0 Å². The number of unbranched alkanes of at least 4 members (excludes halogenated alkanes) is 1. The van der Waals surface area contributed by atoms with Crippen LogP contribution in [0.25, 0.3) is 0 Å². The highest BCUT2D eigenvalue weighted by Gasteiger charge is 2.41. The lowest BCUT2D eigenvalue weighted by atomic mass is 9.89. The zero-order valence-corrected chi connectivity index (χ0v) is 17.1. The number of hydrogen-bond donors (Lipinski definition) is 0. The Morgan fingerprint density at radius 3 is 2.69 bits per heavy atom. The Labute approximate surface area is 162 Å². The van der Waals surface area contributed by atoms with Gasteiger partial charge < -0.3 is 9.80 Å². The molecule has 0 N–H and O–H groups in total. The van der Waals surface area contributed by atoms with Crippen molar-refractivity contribution in [2.75, 3.05) is 31.6 Å². The topological polar surface area (TPSA) is 6.48 Å². The van der Waals surface area contributed by atoms with E-state index in [1.54, 1.807) is 5.56 Å². The van der Waals surface area contributed by atoms with Crippen molar-refractivity contribution in [2.24, 2.45) is 0 Å². The molecule has 0 saturated carbocycles. The Balaban J connectivity index is 1.60. The van der Waals surface area contributed by atoms with Crippen molar-refractivity contribution in [3.8, 4) is 0 Å². The van der Waals surface area contributed by atoms with Gasteiger partial charge in [-0.05, 0) is 50.1 Å². The summed E-state index contributed by atoms with van der Waals surface area (Å²) in [6, 6.07) is 16.5. The number of rotatable bonds is 5. The minimum Gasteiger partial charge on any atom is -0.370 e. The molecule has 4 rings (SSSR count). The van der Waals surface area contributed by atoms with Gasteiger partial charge in [0.25, 0.3) is 0 Å². The highest BCUT2D eigenvalue weighted by Crippen LogP contribution is 2.49. The van der Waals surface area contributed by atoms with Gasteiger partial charge in [-0.25, -0.2) is 0 Å². The lowest BCUT2D eigenvalue weighted by molar-refractivity contribution is 0.193. The molecular weight excluding hydrogens is 336 g/mol. The van der Waals surface area contributed by atoms with Gasteiger partial charge in [-0.1, -0.05) is 54.9 Å². The van der Waals surface area contributed by atoms with Crippen LogP contribution in [0.1, 0.15) is 43.2 Å². The first-order valence-electron chi connectivity index (χ1n) is 10.00. The number of anilines is 1. The minimum absolute atomic E-state index is 0.666. The molecule has 0 radical (unpaired) electrons. The Morgan fingerprint density at radius 2 is 1.92 bits per heavy atom. The summed E-state index contributed by atoms with van der Waals surface area (Å²) >= 11 is 1.91.